The molecule has 1 aliphatic carbocycles. The van der Waals surface area contributed by atoms with E-state index in [1.807, 2.05) is 0 Å². The van der Waals surface area contributed by atoms with Gasteiger partial charge < -0.3 is 35.2 Å². The number of carbonyl (C=O) groups excluding carboxylic acids is 6. The number of rotatable bonds is 15. The number of nitrogens with one attached hydrogen (secondary N) is 1. The molecule has 0 aliphatic heterocycles. The molecule has 14 heteroatoms. The SMILES string of the molecule is COC(=O)[N+](c1ccc(C(=O)C(C)(C)O)cc1)(c1ccc(C(=O)C(C)(C)O)cc1)C1CCCC(NC(=O)OC(c2ccc(C(=O)C(C)(C)O)cc2)c2ccc(C(=O)C(C)(C)O)cc2)C1. The summed E-state index contributed by atoms with van der Waals surface area (Å²) in [5, 5.41) is 44.5. The number of carbonyl (C=O) groups is 6. The van der Waals surface area contributed by atoms with Crippen molar-refractivity contribution < 1.29 is 58.7 Å². The van der Waals surface area contributed by atoms with E-state index in [-0.39, 0.29) is 28.7 Å². The molecule has 2 amide bonds. The zero-order valence-corrected chi connectivity index (χ0v) is 37.8. The first-order chi connectivity index (χ1) is 29.7. The normalized spacial score (nSPS) is 16.2. The van der Waals surface area contributed by atoms with Crippen LogP contribution in [0.3, 0.4) is 0 Å². The second-order valence-corrected chi connectivity index (χ2v) is 18.5. The highest BCUT2D eigenvalue weighted by Gasteiger charge is 2.52. The zero-order valence-electron chi connectivity index (χ0n) is 37.8. The monoisotopic (exact) mass is 879 g/mol. The maximum absolute atomic E-state index is 14.5. The van der Waals surface area contributed by atoms with E-state index in [0.717, 1.165) is 0 Å². The fourth-order valence-electron chi connectivity index (χ4n) is 8.09. The maximum Gasteiger partial charge on any atom is 0.526 e. The lowest BCUT2D eigenvalue weighted by molar-refractivity contribution is 0.0487. The van der Waals surface area contributed by atoms with Crippen molar-refractivity contribution in [3.8, 4) is 0 Å². The van der Waals surface area contributed by atoms with Crippen molar-refractivity contribution >= 4 is 46.7 Å². The molecule has 0 radical (unpaired) electrons. The van der Waals surface area contributed by atoms with Crippen molar-refractivity contribution in [3.63, 3.8) is 0 Å². The second-order valence-electron chi connectivity index (χ2n) is 18.5. The van der Waals surface area contributed by atoms with E-state index in [2.05, 4.69) is 5.32 Å². The van der Waals surface area contributed by atoms with Gasteiger partial charge in [-0.2, -0.15) is 9.28 Å². The summed E-state index contributed by atoms with van der Waals surface area (Å²) in [5.74, 6) is -2.07. The van der Waals surface area contributed by atoms with Gasteiger partial charge in [0.2, 0.25) is 0 Å². The molecular formula is C50H59N2O12+. The first-order valence-electron chi connectivity index (χ1n) is 21.1. The topological polar surface area (TPSA) is 214 Å². The van der Waals surface area contributed by atoms with Gasteiger partial charge in [-0.3, -0.25) is 19.2 Å². The molecule has 0 spiro atoms. The minimum atomic E-state index is -1.66. The van der Waals surface area contributed by atoms with Crippen molar-refractivity contribution in [1.82, 2.24) is 9.80 Å². The van der Waals surface area contributed by atoms with Crippen molar-refractivity contribution in [1.29, 1.82) is 0 Å². The Kier molecular flexibility index (Phi) is 14.3. The third-order valence-corrected chi connectivity index (χ3v) is 11.5. The quantitative estimate of drug-likeness (QED) is 0.0573. The van der Waals surface area contributed by atoms with Crippen molar-refractivity contribution in [2.24, 2.45) is 0 Å². The van der Waals surface area contributed by atoms with Gasteiger partial charge in [0.05, 0.1) is 7.11 Å². The molecule has 64 heavy (non-hydrogen) atoms. The average molecular weight is 880 g/mol. The van der Waals surface area contributed by atoms with Gasteiger partial charge in [-0.15, -0.1) is 0 Å². The smallest absolute Gasteiger partial charge is 0.436 e. The molecule has 1 aliphatic rings. The molecule has 1 fully saturated rings. The Hall–Kier alpha value is -5.90. The lowest BCUT2D eigenvalue weighted by atomic mass is 9.87. The van der Waals surface area contributed by atoms with Crippen LogP contribution >= 0.6 is 0 Å². The van der Waals surface area contributed by atoms with Gasteiger partial charge in [0.25, 0.3) is 0 Å². The van der Waals surface area contributed by atoms with Crippen LogP contribution in [0.15, 0.2) is 97.1 Å². The molecule has 1 saturated carbocycles. The van der Waals surface area contributed by atoms with Gasteiger partial charge in [0.1, 0.15) is 39.8 Å². The predicted molar refractivity (Wildman–Crippen MR) is 240 cm³/mol. The van der Waals surface area contributed by atoms with Gasteiger partial charge in [0.15, 0.2) is 29.2 Å². The van der Waals surface area contributed by atoms with Crippen LogP contribution in [-0.4, -0.2) is 97.3 Å². The number of nitrogens with zero attached hydrogens (tertiary/aromatic N) is 1. The first kappa shape index (κ1) is 49.1. The fourth-order valence-corrected chi connectivity index (χ4v) is 8.09. The third kappa shape index (κ3) is 10.7. The number of hydrogen-bond donors (Lipinski definition) is 5. The van der Waals surface area contributed by atoms with Crippen LogP contribution in [0.1, 0.15) is 140 Å². The van der Waals surface area contributed by atoms with E-state index in [0.29, 0.717) is 41.8 Å². The number of hydrogen-bond acceptors (Lipinski definition) is 12. The highest BCUT2D eigenvalue weighted by Crippen LogP contribution is 2.44. The van der Waals surface area contributed by atoms with Crippen LogP contribution < -0.4 is 9.80 Å². The van der Waals surface area contributed by atoms with E-state index in [9.17, 15) is 49.2 Å². The van der Waals surface area contributed by atoms with Crippen LogP contribution in [0.2, 0.25) is 0 Å². The van der Waals surface area contributed by atoms with E-state index in [1.54, 1.807) is 48.5 Å². The number of ether oxygens (including phenoxy) is 2. The molecule has 340 valence electrons. The van der Waals surface area contributed by atoms with E-state index < -0.39 is 80.4 Å². The average Bonchev–Trinajstić information content (AvgIpc) is 3.24. The molecule has 2 atom stereocenters. The first-order valence-corrected chi connectivity index (χ1v) is 21.1. The molecule has 0 saturated heterocycles. The fraction of sp³-hybridized carbons (Fsp3) is 0.400. The van der Waals surface area contributed by atoms with Crippen molar-refractivity contribution in [2.75, 3.05) is 7.11 Å². The second kappa shape index (κ2) is 18.7. The van der Waals surface area contributed by atoms with Gasteiger partial charge in [-0.05, 0) is 104 Å². The number of Topliss-reactive ketones (excluding diaryl/α,β-unsaturated/α-hetero) is 4. The van der Waals surface area contributed by atoms with E-state index >= 15 is 0 Å². The summed E-state index contributed by atoms with van der Waals surface area (Å²) in [6, 6.07) is 23.9. The van der Waals surface area contributed by atoms with Gasteiger partial charge in [0, 0.05) is 65.4 Å². The molecule has 0 aromatic heterocycles. The summed E-state index contributed by atoms with van der Waals surface area (Å²) in [4.78, 5) is 80.2. The number of amides is 2. The Labute approximate surface area is 373 Å². The summed E-state index contributed by atoms with van der Waals surface area (Å²) in [6.45, 7) is 11.1. The summed E-state index contributed by atoms with van der Waals surface area (Å²) in [5.41, 5.74) is -3.89. The zero-order chi connectivity index (χ0) is 47.6. The van der Waals surface area contributed by atoms with Crippen LogP contribution in [0, 0.1) is 0 Å². The molecule has 0 bridgehead atoms. The maximum atomic E-state index is 14.5. The van der Waals surface area contributed by atoms with Crippen molar-refractivity contribution in [2.45, 2.75) is 122 Å². The number of ketones is 4. The minimum absolute atomic E-state index is 0.211. The number of alkyl carbamates (subject to hydrolysis) is 1. The van der Waals surface area contributed by atoms with E-state index in [1.165, 1.54) is 111 Å². The molecule has 5 rings (SSSR count). The minimum Gasteiger partial charge on any atom is -0.436 e. The van der Waals surface area contributed by atoms with Crippen molar-refractivity contribution in [3.05, 3.63) is 130 Å². The highest BCUT2D eigenvalue weighted by molar-refractivity contribution is 6.04. The molecular weight excluding hydrogens is 821 g/mol. The van der Waals surface area contributed by atoms with Crippen LogP contribution in [0.5, 0.6) is 0 Å². The van der Waals surface area contributed by atoms with Gasteiger partial charge in [-0.25, -0.2) is 4.79 Å². The summed E-state index contributed by atoms with van der Waals surface area (Å²) < 4.78 is 11.1. The number of quaternary nitrogens is 1. The predicted octanol–water partition coefficient (Wildman–Crippen LogP) is 7.73. The molecule has 2 unspecified atom stereocenters. The lowest BCUT2D eigenvalue weighted by Gasteiger charge is -2.43. The Balaban J connectivity index is 1.52. The Morgan fingerprint density at radius 1 is 0.547 bits per heavy atom. The molecule has 14 nitrogen and oxygen atoms in total. The lowest BCUT2D eigenvalue weighted by Crippen LogP contribution is -2.60. The van der Waals surface area contributed by atoms with E-state index in [4.69, 9.17) is 9.47 Å². The molecule has 4 aromatic carbocycles. The Bertz CT molecular complexity index is 2220. The van der Waals surface area contributed by atoms with Crippen LogP contribution in [-0.2, 0) is 9.47 Å². The van der Waals surface area contributed by atoms with Crippen LogP contribution in [0.4, 0.5) is 21.0 Å². The summed E-state index contributed by atoms with van der Waals surface area (Å²) in [7, 11) is 1.25. The van der Waals surface area contributed by atoms with Gasteiger partial charge in [-0.1, -0.05) is 48.5 Å². The summed E-state index contributed by atoms with van der Waals surface area (Å²) >= 11 is 0. The number of aliphatic hydroxyl groups is 4. The highest BCUT2D eigenvalue weighted by atomic mass is 16.6. The molecule has 0 heterocycles. The molecule has 5 N–H and O–H groups in total. The standard InChI is InChI=1S/C50H58N2O12/c1-47(2,59)41(53)32-17-13-30(14-18-32)40(31-15-19-33(20-16-31)42(54)48(3,4)60)64-45(57)51-36-11-10-12-39(29-36)52(46(58)63-9,37-25-21-34(22-26-37)43(55)49(5,6)61)38-27-23-35(24-28-38)44(56)50(7,8)62/h13-28,36,39-40,59-62H,10-12,29H2,1-9H3/p+1. The number of benzene rings is 4. The Morgan fingerprint density at radius 3 is 1.19 bits per heavy atom. The van der Waals surface area contributed by atoms with Crippen LogP contribution in [0.25, 0.3) is 0 Å². The largest absolute Gasteiger partial charge is 0.526 e. The molecule has 4 aromatic rings. The van der Waals surface area contributed by atoms with Gasteiger partial charge >= 0.3 is 12.2 Å². The summed E-state index contributed by atoms with van der Waals surface area (Å²) in [6.07, 6.45) is -0.767. The Morgan fingerprint density at radius 2 is 0.875 bits per heavy atom. The third-order valence-electron chi connectivity index (χ3n) is 11.5. The number of methoxy groups -OCH3 is 1.